The van der Waals surface area contributed by atoms with Crippen molar-refractivity contribution in [2.24, 2.45) is 0 Å². The average Bonchev–Trinajstić information content (AvgIpc) is 2.46. The van der Waals surface area contributed by atoms with Crippen molar-refractivity contribution in [1.29, 1.82) is 0 Å². The summed E-state index contributed by atoms with van der Waals surface area (Å²) in [7, 11) is 1.64. The largest absolute Gasteiger partial charge is 0.497 e. The van der Waals surface area contributed by atoms with Crippen LogP contribution in [0.2, 0.25) is 0 Å². The number of morpholine rings is 1. The van der Waals surface area contributed by atoms with Crippen molar-refractivity contribution >= 4 is 17.7 Å². The molecule has 4 nitrogen and oxygen atoms in total. The molecule has 1 aromatic rings. The van der Waals surface area contributed by atoms with Crippen LogP contribution in [0.1, 0.15) is 0 Å². The van der Waals surface area contributed by atoms with Crippen LogP contribution < -0.4 is 4.74 Å². The van der Waals surface area contributed by atoms with Crippen LogP contribution in [0.5, 0.6) is 5.75 Å². The third-order valence-electron chi connectivity index (χ3n) is 2.77. The van der Waals surface area contributed by atoms with Gasteiger partial charge in [0.05, 0.1) is 26.1 Å². The van der Waals surface area contributed by atoms with Gasteiger partial charge in [0.25, 0.3) is 0 Å². The third-order valence-corrected chi connectivity index (χ3v) is 3.75. The average molecular weight is 267 g/mol. The van der Waals surface area contributed by atoms with Crippen LogP contribution in [0.4, 0.5) is 0 Å². The zero-order chi connectivity index (χ0) is 12.8. The van der Waals surface area contributed by atoms with Crippen LogP contribution in [0.3, 0.4) is 0 Å². The molecule has 0 spiro atoms. The van der Waals surface area contributed by atoms with Crippen LogP contribution in [0, 0.1) is 0 Å². The van der Waals surface area contributed by atoms with Crippen molar-refractivity contribution in [2.45, 2.75) is 4.90 Å². The van der Waals surface area contributed by atoms with E-state index in [0.29, 0.717) is 32.1 Å². The molecule has 0 radical (unpaired) electrons. The summed E-state index contributed by atoms with van der Waals surface area (Å²) in [6, 6.07) is 7.76. The Balaban J connectivity index is 1.84. The summed E-state index contributed by atoms with van der Waals surface area (Å²) in [5, 5.41) is 0. The summed E-state index contributed by atoms with van der Waals surface area (Å²) < 4.78 is 10.4. The van der Waals surface area contributed by atoms with Crippen molar-refractivity contribution in [3.8, 4) is 5.75 Å². The first kappa shape index (κ1) is 13.2. The number of hydrogen-bond acceptors (Lipinski definition) is 4. The van der Waals surface area contributed by atoms with Crippen LogP contribution in [-0.2, 0) is 9.53 Å². The summed E-state index contributed by atoms with van der Waals surface area (Å²) in [5.74, 6) is 1.46. The van der Waals surface area contributed by atoms with Gasteiger partial charge in [-0.15, -0.1) is 11.8 Å². The number of carbonyl (C=O) groups excluding carboxylic acids is 1. The van der Waals surface area contributed by atoms with E-state index in [-0.39, 0.29) is 5.91 Å². The Hall–Kier alpha value is -1.20. The van der Waals surface area contributed by atoms with E-state index in [0.717, 1.165) is 10.6 Å². The molecule has 5 heteroatoms. The van der Waals surface area contributed by atoms with Gasteiger partial charge >= 0.3 is 0 Å². The molecule has 1 aromatic carbocycles. The topological polar surface area (TPSA) is 38.8 Å². The number of benzene rings is 1. The molecular formula is C13H17NO3S. The molecule has 0 aliphatic carbocycles. The number of methoxy groups -OCH3 is 1. The Kier molecular flexibility index (Phi) is 4.90. The van der Waals surface area contributed by atoms with Gasteiger partial charge in [0, 0.05) is 18.0 Å². The SMILES string of the molecule is COc1cccc(SCC(=O)N2CCOCC2)c1. The first-order chi connectivity index (χ1) is 8.79. The Morgan fingerprint density at radius 1 is 1.44 bits per heavy atom. The highest BCUT2D eigenvalue weighted by Gasteiger charge is 2.16. The molecule has 0 atom stereocenters. The van der Waals surface area contributed by atoms with Crippen molar-refractivity contribution in [2.75, 3.05) is 39.2 Å². The minimum Gasteiger partial charge on any atom is -0.497 e. The van der Waals surface area contributed by atoms with Crippen LogP contribution >= 0.6 is 11.8 Å². The predicted molar refractivity (Wildman–Crippen MR) is 71.1 cm³/mol. The van der Waals surface area contributed by atoms with E-state index in [9.17, 15) is 4.79 Å². The normalized spacial score (nSPS) is 15.5. The van der Waals surface area contributed by atoms with E-state index in [4.69, 9.17) is 9.47 Å². The molecule has 98 valence electrons. The van der Waals surface area contributed by atoms with E-state index in [1.165, 1.54) is 11.8 Å². The fourth-order valence-corrected chi connectivity index (χ4v) is 2.59. The molecule has 1 aliphatic heterocycles. The van der Waals surface area contributed by atoms with E-state index in [1.54, 1.807) is 7.11 Å². The maximum absolute atomic E-state index is 11.9. The Bertz CT molecular complexity index is 405. The molecule has 1 amide bonds. The minimum absolute atomic E-state index is 0.172. The molecule has 0 saturated carbocycles. The lowest BCUT2D eigenvalue weighted by Crippen LogP contribution is -2.41. The monoisotopic (exact) mass is 267 g/mol. The van der Waals surface area contributed by atoms with Gasteiger partial charge in [-0.2, -0.15) is 0 Å². The van der Waals surface area contributed by atoms with Crippen LogP contribution in [0.15, 0.2) is 29.2 Å². The van der Waals surface area contributed by atoms with Gasteiger partial charge in [-0.3, -0.25) is 4.79 Å². The molecule has 1 fully saturated rings. The Labute approximate surface area is 111 Å². The summed E-state index contributed by atoms with van der Waals surface area (Å²) >= 11 is 1.54. The summed E-state index contributed by atoms with van der Waals surface area (Å²) in [5.41, 5.74) is 0. The quantitative estimate of drug-likeness (QED) is 0.778. The number of nitrogens with zero attached hydrogens (tertiary/aromatic N) is 1. The summed E-state index contributed by atoms with van der Waals surface area (Å²) in [6.07, 6.45) is 0. The highest BCUT2D eigenvalue weighted by Crippen LogP contribution is 2.23. The highest BCUT2D eigenvalue weighted by atomic mass is 32.2. The summed E-state index contributed by atoms with van der Waals surface area (Å²) in [6.45, 7) is 2.71. The first-order valence-electron chi connectivity index (χ1n) is 5.92. The number of ether oxygens (including phenoxy) is 2. The molecule has 1 saturated heterocycles. The lowest BCUT2D eigenvalue weighted by Gasteiger charge is -2.26. The summed E-state index contributed by atoms with van der Waals surface area (Å²) in [4.78, 5) is 14.9. The van der Waals surface area contributed by atoms with E-state index in [2.05, 4.69) is 0 Å². The number of carbonyl (C=O) groups is 1. The van der Waals surface area contributed by atoms with Crippen molar-refractivity contribution in [3.63, 3.8) is 0 Å². The molecule has 0 unspecified atom stereocenters. The number of rotatable bonds is 4. The van der Waals surface area contributed by atoms with E-state index >= 15 is 0 Å². The number of thioether (sulfide) groups is 1. The lowest BCUT2D eigenvalue weighted by molar-refractivity contribution is -0.132. The van der Waals surface area contributed by atoms with Gasteiger partial charge in [-0.1, -0.05) is 6.07 Å². The Morgan fingerprint density at radius 3 is 2.94 bits per heavy atom. The standard InChI is InChI=1S/C13H17NO3S/c1-16-11-3-2-4-12(9-11)18-10-13(15)14-5-7-17-8-6-14/h2-4,9H,5-8,10H2,1H3. The maximum Gasteiger partial charge on any atom is 0.233 e. The third kappa shape index (κ3) is 3.65. The molecule has 0 bridgehead atoms. The molecule has 0 N–H and O–H groups in total. The van der Waals surface area contributed by atoms with Gasteiger partial charge in [-0.25, -0.2) is 0 Å². The predicted octanol–water partition coefficient (Wildman–Crippen LogP) is 1.65. The van der Waals surface area contributed by atoms with E-state index in [1.807, 2.05) is 29.2 Å². The lowest BCUT2D eigenvalue weighted by atomic mass is 10.3. The second-order valence-corrected chi connectivity index (χ2v) is 5.01. The van der Waals surface area contributed by atoms with Crippen LogP contribution in [-0.4, -0.2) is 50.0 Å². The van der Waals surface area contributed by atoms with Gasteiger partial charge in [0.2, 0.25) is 5.91 Å². The smallest absolute Gasteiger partial charge is 0.233 e. The maximum atomic E-state index is 11.9. The molecule has 1 heterocycles. The number of hydrogen-bond donors (Lipinski definition) is 0. The van der Waals surface area contributed by atoms with E-state index < -0.39 is 0 Å². The van der Waals surface area contributed by atoms with Gasteiger partial charge < -0.3 is 14.4 Å². The number of amides is 1. The van der Waals surface area contributed by atoms with Gasteiger partial charge in [0.15, 0.2) is 0 Å². The Morgan fingerprint density at radius 2 is 2.22 bits per heavy atom. The highest BCUT2D eigenvalue weighted by molar-refractivity contribution is 8.00. The second-order valence-electron chi connectivity index (χ2n) is 3.96. The second kappa shape index (κ2) is 6.66. The zero-order valence-corrected chi connectivity index (χ0v) is 11.2. The minimum atomic E-state index is 0.172. The fourth-order valence-electron chi connectivity index (χ4n) is 1.74. The molecular weight excluding hydrogens is 250 g/mol. The van der Waals surface area contributed by atoms with Crippen molar-refractivity contribution in [1.82, 2.24) is 4.90 Å². The molecule has 1 aliphatic rings. The van der Waals surface area contributed by atoms with Gasteiger partial charge in [0.1, 0.15) is 5.75 Å². The van der Waals surface area contributed by atoms with Crippen LogP contribution in [0.25, 0.3) is 0 Å². The fraction of sp³-hybridized carbons (Fsp3) is 0.462. The molecule has 2 rings (SSSR count). The van der Waals surface area contributed by atoms with Crippen molar-refractivity contribution in [3.05, 3.63) is 24.3 Å². The van der Waals surface area contributed by atoms with Gasteiger partial charge in [-0.05, 0) is 18.2 Å². The molecule has 0 aromatic heterocycles. The zero-order valence-electron chi connectivity index (χ0n) is 10.4. The van der Waals surface area contributed by atoms with Crippen molar-refractivity contribution < 1.29 is 14.3 Å². The molecule has 18 heavy (non-hydrogen) atoms. The first-order valence-corrected chi connectivity index (χ1v) is 6.90.